The summed E-state index contributed by atoms with van der Waals surface area (Å²) in [7, 11) is 0. The highest BCUT2D eigenvalue weighted by Gasteiger charge is 2.23. The Morgan fingerprint density at radius 2 is 1.48 bits per heavy atom. The number of rotatable bonds is 3. The molecule has 0 bridgehead atoms. The van der Waals surface area contributed by atoms with E-state index in [1.165, 1.54) is 4.90 Å². The van der Waals surface area contributed by atoms with Crippen LogP contribution in [-0.4, -0.2) is 22.0 Å². The normalized spacial score (nSPS) is 12.5. The molecular weight excluding hydrogens is 340 g/mol. The third-order valence-corrected chi connectivity index (χ3v) is 4.71. The highest BCUT2D eigenvalue weighted by Crippen LogP contribution is 2.26. The molecule has 134 valence electrons. The number of fused-ring (bicyclic) bond motifs is 1. The van der Waals surface area contributed by atoms with Gasteiger partial charge in [-0.25, -0.2) is 4.79 Å². The van der Waals surface area contributed by atoms with Gasteiger partial charge in [-0.3, -0.25) is 9.69 Å². The average molecular weight is 358 g/mol. The van der Waals surface area contributed by atoms with Crippen molar-refractivity contribution in [3.8, 4) is 11.1 Å². The lowest BCUT2D eigenvalue weighted by molar-refractivity contribution is 0.102. The zero-order valence-electron chi connectivity index (χ0n) is 14.6. The van der Waals surface area contributed by atoms with Crippen LogP contribution in [-0.2, 0) is 13.1 Å². The largest absolute Gasteiger partial charge is 0.465 e. The van der Waals surface area contributed by atoms with Crippen LogP contribution in [0.15, 0.2) is 72.8 Å². The Balaban J connectivity index is 1.47. The predicted molar refractivity (Wildman–Crippen MR) is 104 cm³/mol. The maximum atomic E-state index is 12.5. The predicted octanol–water partition coefficient (Wildman–Crippen LogP) is 4.60. The van der Waals surface area contributed by atoms with E-state index >= 15 is 0 Å². The van der Waals surface area contributed by atoms with Gasteiger partial charge in [0.15, 0.2) is 0 Å². The van der Waals surface area contributed by atoms with Gasteiger partial charge in [-0.1, -0.05) is 48.5 Å². The molecule has 0 atom stereocenters. The molecule has 1 heterocycles. The minimum Gasteiger partial charge on any atom is -0.465 e. The van der Waals surface area contributed by atoms with Crippen molar-refractivity contribution in [2.75, 3.05) is 5.32 Å². The van der Waals surface area contributed by atoms with Crippen molar-refractivity contribution in [2.24, 2.45) is 0 Å². The van der Waals surface area contributed by atoms with Crippen LogP contribution in [0, 0.1) is 0 Å². The molecule has 1 aliphatic rings. The topological polar surface area (TPSA) is 69.6 Å². The fourth-order valence-electron chi connectivity index (χ4n) is 3.26. The molecule has 27 heavy (non-hydrogen) atoms. The Bertz CT molecular complexity index is 998. The minimum atomic E-state index is -0.935. The molecule has 0 aliphatic carbocycles. The zero-order chi connectivity index (χ0) is 18.8. The van der Waals surface area contributed by atoms with Gasteiger partial charge in [-0.2, -0.15) is 0 Å². The molecule has 0 saturated heterocycles. The van der Waals surface area contributed by atoms with E-state index in [1.807, 2.05) is 54.6 Å². The summed E-state index contributed by atoms with van der Waals surface area (Å²) in [6, 6.07) is 23.0. The lowest BCUT2D eigenvalue weighted by Gasteiger charge is -2.09. The number of carbonyl (C=O) groups excluding carboxylic acids is 1. The number of anilines is 1. The maximum Gasteiger partial charge on any atom is 0.407 e. The second kappa shape index (κ2) is 6.96. The first kappa shape index (κ1) is 16.8. The minimum absolute atomic E-state index is 0.192. The quantitative estimate of drug-likeness (QED) is 0.719. The van der Waals surface area contributed by atoms with E-state index in [2.05, 4.69) is 5.32 Å². The molecule has 0 saturated carbocycles. The van der Waals surface area contributed by atoms with Crippen molar-refractivity contribution in [3.05, 3.63) is 89.5 Å². The van der Waals surface area contributed by atoms with E-state index < -0.39 is 6.09 Å². The van der Waals surface area contributed by atoms with Gasteiger partial charge in [0, 0.05) is 24.3 Å². The molecular formula is C22H18N2O3. The van der Waals surface area contributed by atoms with E-state index in [9.17, 15) is 9.59 Å². The molecule has 3 aromatic rings. The molecule has 1 aliphatic heterocycles. The van der Waals surface area contributed by atoms with Crippen molar-refractivity contribution < 1.29 is 14.7 Å². The monoisotopic (exact) mass is 358 g/mol. The third kappa shape index (κ3) is 3.53. The number of carbonyl (C=O) groups is 2. The van der Waals surface area contributed by atoms with Crippen LogP contribution < -0.4 is 5.32 Å². The highest BCUT2D eigenvalue weighted by molar-refractivity contribution is 6.04. The Morgan fingerprint density at radius 3 is 2.19 bits per heavy atom. The Kier molecular flexibility index (Phi) is 4.34. The van der Waals surface area contributed by atoms with Gasteiger partial charge < -0.3 is 10.4 Å². The molecule has 0 spiro atoms. The number of hydrogen-bond donors (Lipinski definition) is 2. The van der Waals surface area contributed by atoms with Gasteiger partial charge in [0.1, 0.15) is 0 Å². The van der Waals surface area contributed by atoms with Gasteiger partial charge in [0.25, 0.3) is 5.91 Å². The third-order valence-electron chi connectivity index (χ3n) is 4.71. The number of nitrogens with zero attached hydrogens (tertiary/aromatic N) is 1. The van der Waals surface area contributed by atoms with Gasteiger partial charge in [0.05, 0.1) is 0 Å². The molecule has 0 radical (unpaired) electrons. The van der Waals surface area contributed by atoms with Crippen molar-refractivity contribution >= 4 is 17.7 Å². The number of hydrogen-bond acceptors (Lipinski definition) is 2. The Morgan fingerprint density at radius 1 is 0.815 bits per heavy atom. The first-order valence-corrected chi connectivity index (χ1v) is 8.67. The molecule has 0 unspecified atom stereocenters. The van der Waals surface area contributed by atoms with E-state index in [0.717, 1.165) is 22.3 Å². The number of benzene rings is 3. The Hall–Kier alpha value is -3.60. The van der Waals surface area contributed by atoms with Crippen molar-refractivity contribution in [1.29, 1.82) is 0 Å². The van der Waals surface area contributed by atoms with E-state index in [0.29, 0.717) is 24.3 Å². The molecule has 0 aromatic heterocycles. The van der Waals surface area contributed by atoms with Crippen LogP contribution in [0.3, 0.4) is 0 Å². The molecule has 2 N–H and O–H groups in total. The number of amides is 2. The van der Waals surface area contributed by atoms with Crippen LogP contribution in [0.5, 0.6) is 0 Å². The van der Waals surface area contributed by atoms with Gasteiger partial charge in [-0.15, -0.1) is 0 Å². The molecule has 5 heteroatoms. The van der Waals surface area contributed by atoms with Crippen LogP contribution in [0.4, 0.5) is 10.5 Å². The molecule has 5 nitrogen and oxygen atoms in total. The van der Waals surface area contributed by atoms with Gasteiger partial charge in [-0.05, 0) is 46.5 Å². The summed E-state index contributed by atoms with van der Waals surface area (Å²) in [4.78, 5) is 25.0. The lowest BCUT2D eigenvalue weighted by Crippen LogP contribution is -2.22. The van der Waals surface area contributed by atoms with Crippen LogP contribution in [0.25, 0.3) is 11.1 Å². The summed E-state index contributed by atoms with van der Waals surface area (Å²) in [6.07, 6.45) is -0.935. The fraction of sp³-hybridized carbons (Fsp3) is 0.0909. The average Bonchev–Trinajstić information content (AvgIpc) is 3.12. The van der Waals surface area contributed by atoms with Gasteiger partial charge >= 0.3 is 6.09 Å². The summed E-state index contributed by atoms with van der Waals surface area (Å²) >= 11 is 0. The highest BCUT2D eigenvalue weighted by atomic mass is 16.4. The smallest absolute Gasteiger partial charge is 0.407 e. The summed E-state index contributed by atoms with van der Waals surface area (Å²) in [5.74, 6) is -0.192. The van der Waals surface area contributed by atoms with E-state index in [1.54, 1.807) is 18.2 Å². The zero-order valence-corrected chi connectivity index (χ0v) is 14.6. The van der Waals surface area contributed by atoms with Crippen LogP contribution in [0.2, 0.25) is 0 Å². The SMILES string of the molecule is O=C(Nc1ccc2c(c1)CN(C(=O)O)C2)c1ccc(-c2ccccc2)cc1. The molecule has 0 fully saturated rings. The van der Waals surface area contributed by atoms with Crippen molar-refractivity contribution in [3.63, 3.8) is 0 Å². The lowest BCUT2D eigenvalue weighted by atomic mass is 10.0. The summed E-state index contributed by atoms with van der Waals surface area (Å²) in [5, 5.41) is 12.0. The number of nitrogens with one attached hydrogen (secondary N) is 1. The van der Waals surface area contributed by atoms with Crippen LogP contribution >= 0.6 is 0 Å². The molecule has 2 amide bonds. The van der Waals surface area contributed by atoms with Crippen molar-refractivity contribution in [2.45, 2.75) is 13.1 Å². The molecule has 3 aromatic carbocycles. The fourth-order valence-corrected chi connectivity index (χ4v) is 3.26. The van der Waals surface area contributed by atoms with Gasteiger partial charge in [0.2, 0.25) is 0 Å². The summed E-state index contributed by atoms with van der Waals surface area (Å²) < 4.78 is 0. The van der Waals surface area contributed by atoms with Crippen LogP contribution in [0.1, 0.15) is 21.5 Å². The van der Waals surface area contributed by atoms with E-state index in [4.69, 9.17) is 5.11 Å². The first-order chi connectivity index (χ1) is 13.1. The van der Waals surface area contributed by atoms with Crippen molar-refractivity contribution in [1.82, 2.24) is 4.90 Å². The first-order valence-electron chi connectivity index (χ1n) is 8.67. The summed E-state index contributed by atoms with van der Waals surface area (Å²) in [6.45, 7) is 0.736. The Labute approximate surface area is 156 Å². The standard InChI is InChI=1S/C22H18N2O3/c25-21(17-8-6-16(7-9-17)15-4-2-1-3-5-15)23-20-11-10-18-13-24(22(26)27)14-19(18)12-20/h1-12H,13-14H2,(H,23,25)(H,26,27). The second-order valence-electron chi connectivity index (χ2n) is 6.52. The summed E-state index contributed by atoms with van der Waals surface area (Å²) in [5.41, 5.74) is 5.29. The van der Waals surface area contributed by atoms with E-state index in [-0.39, 0.29) is 5.91 Å². The molecule has 4 rings (SSSR count). The maximum absolute atomic E-state index is 12.5. The second-order valence-corrected chi connectivity index (χ2v) is 6.52. The number of carboxylic acid groups (broad SMARTS) is 1.